The van der Waals surface area contributed by atoms with E-state index in [1.807, 2.05) is 25.1 Å². The summed E-state index contributed by atoms with van der Waals surface area (Å²) in [6.45, 7) is 11.3. The van der Waals surface area contributed by atoms with E-state index in [4.69, 9.17) is 9.47 Å². The van der Waals surface area contributed by atoms with Gasteiger partial charge in [-0.2, -0.15) is 0 Å². The highest BCUT2D eigenvalue weighted by molar-refractivity contribution is 5.38. The van der Waals surface area contributed by atoms with Gasteiger partial charge in [-0.1, -0.05) is 12.1 Å². The van der Waals surface area contributed by atoms with Crippen molar-refractivity contribution in [3.63, 3.8) is 0 Å². The monoisotopic (exact) mass is 293 g/mol. The van der Waals surface area contributed by atoms with Crippen molar-refractivity contribution in [2.75, 3.05) is 26.3 Å². The maximum Gasteiger partial charge on any atom is 0.125 e. The molecule has 0 aliphatic carbocycles. The van der Waals surface area contributed by atoms with Gasteiger partial charge in [0.2, 0.25) is 0 Å². The molecule has 2 unspecified atom stereocenters. The third-order valence-corrected chi connectivity index (χ3v) is 3.94. The lowest BCUT2D eigenvalue weighted by Gasteiger charge is -2.35. The van der Waals surface area contributed by atoms with Gasteiger partial charge in [-0.15, -0.1) is 0 Å². The number of benzene rings is 1. The van der Waals surface area contributed by atoms with E-state index in [9.17, 15) is 5.11 Å². The fourth-order valence-electron chi connectivity index (χ4n) is 2.61. The van der Waals surface area contributed by atoms with Crippen LogP contribution < -0.4 is 4.74 Å². The van der Waals surface area contributed by atoms with Crippen LogP contribution >= 0.6 is 0 Å². The fourth-order valence-corrected chi connectivity index (χ4v) is 2.61. The molecule has 0 bridgehead atoms. The molecule has 4 nitrogen and oxygen atoms in total. The molecule has 0 radical (unpaired) electrons. The Morgan fingerprint density at radius 2 is 2.14 bits per heavy atom. The Bertz CT molecular complexity index is 459. The summed E-state index contributed by atoms with van der Waals surface area (Å²) >= 11 is 0. The Balaban J connectivity index is 1.98. The minimum absolute atomic E-state index is 0.0866. The van der Waals surface area contributed by atoms with Crippen LogP contribution in [0.5, 0.6) is 5.75 Å². The molecular weight excluding hydrogens is 266 g/mol. The first-order valence-electron chi connectivity index (χ1n) is 7.74. The van der Waals surface area contributed by atoms with Gasteiger partial charge in [0.25, 0.3) is 0 Å². The van der Waals surface area contributed by atoms with Crippen LogP contribution in [-0.4, -0.2) is 48.5 Å². The molecule has 1 N–H and O–H groups in total. The van der Waals surface area contributed by atoms with E-state index in [2.05, 4.69) is 18.7 Å². The second-order valence-electron chi connectivity index (χ2n) is 6.11. The second-order valence-corrected chi connectivity index (χ2v) is 6.11. The molecule has 0 amide bonds. The van der Waals surface area contributed by atoms with Gasteiger partial charge >= 0.3 is 0 Å². The minimum Gasteiger partial charge on any atom is -0.490 e. The lowest BCUT2D eigenvalue weighted by molar-refractivity contribution is -0.0567. The molecule has 0 aromatic heterocycles. The van der Waals surface area contributed by atoms with E-state index in [-0.39, 0.29) is 6.10 Å². The molecule has 1 aromatic rings. The van der Waals surface area contributed by atoms with E-state index in [0.29, 0.717) is 12.6 Å². The van der Waals surface area contributed by atoms with Crippen LogP contribution in [0.25, 0.3) is 0 Å². The van der Waals surface area contributed by atoms with Crippen molar-refractivity contribution in [3.05, 3.63) is 29.3 Å². The molecule has 0 spiro atoms. The Morgan fingerprint density at radius 1 is 1.38 bits per heavy atom. The third-order valence-electron chi connectivity index (χ3n) is 3.94. The largest absolute Gasteiger partial charge is 0.490 e. The Morgan fingerprint density at radius 3 is 2.81 bits per heavy atom. The molecule has 1 fully saturated rings. The first-order chi connectivity index (χ1) is 9.97. The molecule has 0 saturated carbocycles. The summed E-state index contributed by atoms with van der Waals surface area (Å²) in [5.41, 5.74) is 1.96. The highest BCUT2D eigenvalue weighted by atomic mass is 16.5. The SMILES string of the molecule is Cc1ccc(C(C)O)c(OCC2CN(C(C)C)CCO2)c1. The van der Waals surface area contributed by atoms with Crippen LogP contribution in [0.15, 0.2) is 18.2 Å². The van der Waals surface area contributed by atoms with E-state index in [1.54, 1.807) is 6.92 Å². The molecular formula is C17H27NO3. The first-order valence-corrected chi connectivity index (χ1v) is 7.74. The molecule has 21 heavy (non-hydrogen) atoms. The quantitative estimate of drug-likeness (QED) is 0.906. The van der Waals surface area contributed by atoms with Gasteiger partial charge < -0.3 is 14.6 Å². The van der Waals surface area contributed by atoms with Crippen molar-refractivity contribution >= 4 is 0 Å². The van der Waals surface area contributed by atoms with Crippen molar-refractivity contribution in [1.29, 1.82) is 0 Å². The molecule has 1 aliphatic rings. The minimum atomic E-state index is -0.528. The zero-order valence-electron chi connectivity index (χ0n) is 13.5. The highest BCUT2D eigenvalue weighted by Crippen LogP contribution is 2.26. The summed E-state index contributed by atoms with van der Waals surface area (Å²) in [6, 6.07) is 6.43. The summed E-state index contributed by atoms with van der Waals surface area (Å²) in [4.78, 5) is 2.41. The zero-order valence-corrected chi connectivity index (χ0v) is 13.5. The number of nitrogens with zero attached hydrogens (tertiary/aromatic N) is 1. The number of aliphatic hydroxyl groups excluding tert-OH is 1. The van der Waals surface area contributed by atoms with Crippen molar-refractivity contribution in [2.24, 2.45) is 0 Å². The van der Waals surface area contributed by atoms with Crippen molar-refractivity contribution in [2.45, 2.75) is 45.9 Å². The number of aryl methyl sites for hydroxylation is 1. The van der Waals surface area contributed by atoms with Gasteiger partial charge in [0.05, 0.1) is 12.7 Å². The average molecular weight is 293 g/mol. The molecule has 2 atom stereocenters. The van der Waals surface area contributed by atoms with E-state index in [1.165, 1.54) is 0 Å². The van der Waals surface area contributed by atoms with Gasteiger partial charge in [0.1, 0.15) is 18.5 Å². The summed E-state index contributed by atoms with van der Waals surface area (Å²) in [7, 11) is 0. The number of rotatable bonds is 5. The predicted octanol–water partition coefficient (Wildman–Crippen LogP) is 2.54. The zero-order chi connectivity index (χ0) is 15.4. The van der Waals surface area contributed by atoms with E-state index in [0.717, 1.165) is 36.6 Å². The first kappa shape index (κ1) is 16.3. The smallest absolute Gasteiger partial charge is 0.125 e. The number of morpholine rings is 1. The molecule has 118 valence electrons. The topological polar surface area (TPSA) is 41.9 Å². The van der Waals surface area contributed by atoms with E-state index < -0.39 is 6.10 Å². The number of hydrogen-bond donors (Lipinski definition) is 1. The Kier molecular flexibility index (Phi) is 5.62. The summed E-state index contributed by atoms with van der Waals surface area (Å²) in [5, 5.41) is 9.83. The van der Waals surface area contributed by atoms with Crippen LogP contribution in [-0.2, 0) is 4.74 Å². The van der Waals surface area contributed by atoms with E-state index >= 15 is 0 Å². The third kappa shape index (κ3) is 4.43. The average Bonchev–Trinajstić information content (AvgIpc) is 2.45. The lowest BCUT2D eigenvalue weighted by atomic mass is 10.1. The standard InChI is InChI=1S/C17H27NO3/c1-12(2)18-7-8-20-15(10-18)11-21-17-9-13(3)5-6-16(17)14(4)19/h5-6,9,12,14-15,19H,7-8,10-11H2,1-4H3. The van der Waals surface area contributed by atoms with Crippen LogP contribution in [0.1, 0.15) is 38.0 Å². The molecule has 2 rings (SSSR count). The van der Waals surface area contributed by atoms with Crippen LogP contribution in [0.2, 0.25) is 0 Å². The predicted molar refractivity (Wildman–Crippen MR) is 83.8 cm³/mol. The molecule has 1 aliphatic heterocycles. The lowest BCUT2D eigenvalue weighted by Crippen LogP contribution is -2.47. The maximum absolute atomic E-state index is 9.83. The Hall–Kier alpha value is -1.10. The van der Waals surface area contributed by atoms with Crippen molar-refractivity contribution < 1.29 is 14.6 Å². The number of hydrogen-bond acceptors (Lipinski definition) is 4. The molecule has 1 heterocycles. The van der Waals surface area contributed by atoms with Crippen molar-refractivity contribution in [3.8, 4) is 5.75 Å². The van der Waals surface area contributed by atoms with Gasteiger partial charge in [-0.3, -0.25) is 4.90 Å². The normalized spacial score (nSPS) is 21.5. The summed E-state index contributed by atoms with van der Waals surface area (Å²) < 4.78 is 11.7. The summed E-state index contributed by atoms with van der Waals surface area (Å²) in [6.07, 6.45) is -0.441. The van der Waals surface area contributed by atoms with Gasteiger partial charge in [-0.05, 0) is 39.3 Å². The highest BCUT2D eigenvalue weighted by Gasteiger charge is 2.23. The second kappa shape index (κ2) is 7.25. The van der Waals surface area contributed by atoms with Crippen LogP contribution in [0, 0.1) is 6.92 Å². The number of aliphatic hydroxyl groups is 1. The van der Waals surface area contributed by atoms with Crippen LogP contribution in [0.4, 0.5) is 0 Å². The molecule has 1 aromatic carbocycles. The van der Waals surface area contributed by atoms with Gasteiger partial charge in [0.15, 0.2) is 0 Å². The summed E-state index contributed by atoms with van der Waals surface area (Å²) in [5.74, 6) is 0.760. The van der Waals surface area contributed by atoms with Crippen LogP contribution in [0.3, 0.4) is 0 Å². The Labute approximate surface area is 127 Å². The molecule has 1 saturated heterocycles. The fraction of sp³-hybridized carbons (Fsp3) is 0.647. The van der Waals surface area contributed by atoms with Crippen molar-refractivity contribution in [1.82, 2.24) is 4.90 Å². The number of ether oxygens (including phenoxy) is 2. The van der Waals surface area contributed by atoms with Gasteiger partial charge in [-0.25, -0.2) is 0 Å². The van der Waals surface area contributed by atoms with Gasteiger partial charge in [0, 0.05) is 24.7 Å². The molecule has 4 heteroatoms. The maximum atomic E-state index is 9.83.